The molecule has 82 heavy (non-hydrogen) atoms. The Bertz CT molecular complexity index is 2590. The maximum Gasteiger partial charge on any atom is 0.407 e. The summed E-state index contributed by atoms with van der Waals surface area (Å²) in [6, 6.07) is 13.6. The predicted octanol–water partition coefficient (Wildman–Crippen LogP) is 4.71. The van der Waals surface area contributed by atoms with Crippen LogP contribution in [0.1, 0.15) is 96.1 Å². The number of rotatable bonds is 5. The average Bonchev–Trinajstić information content (AvgIpc) is 4.18. The molecular formula is C62H82N2O18. The Morgan fingerprint density at radius 2 is 1.24 bits per heavy atom. The Morgan fingerprint density at radius 1 is 0.646 bits per heavy atom. The molecule has 0 saturated carbocycles. The maximum atomic E-state index is 13.5. The number of aliphatic hydroxyl groups excluding tert-OH is 8. The van der Waals surface area contributed by atoms with Gasteiger partial charge in [-0.25, -0.2) is 9.59 Å². The summed E-state index contributed by atoms with van der Waals surface area (Å²) in [4.78, 5) is 39.0. The Hall–Kier alpha value is -5.85. The van der Waals surface area contributed by atoms with Gasteiger partial charge in [0.25, 0.3) is 0 Å². The number of fused-ring (bicyclic) bond motifs is 7. The normalized spacial score (nSPS) is 39.5. The van der Waals surface area contributed by atoms with Crippen molar-refractivity contribution in [2.75, 3.05) is 6.61 Å². The highest BCUT2D eigenvalue weighted by atomic mass is 16.7. The first-order valence-electron chi connectivity index (χ1n) is 28.3. The van der Waals surface area contributed by atoms with Gasteiger partial charge < -0.3 is 85.0 Å². The third-order valence-corrected chi connectivity index (χ3v) is 15.8. The fraction of sp³-hybridized carbons (Fsp3) is 0.532. The molecule has 2 bridgehead atoms. The van der Waals surface area contributed by atoms with Gasteiger partial charge in [-0.05, 0) is 55.4 Å². The number of carbonyl (C=O) groups is 3. The molecule has 2 amide bonds. The summed E-state index contributed by atoms with van der Waals surface area (Å²) in [5.74, 6) is -3.88. The van der Waals surface area contributed by atoms with Crippen molar-refractivity contribution in [3.8, 4) is 11.1 Å². The van der Waals surface area contributed by atoms with E-state index < -0.39 is 147 Å². The minimum atomic E-state index is -2.16. The molecule has 11 N–H and O–H groups in total. The molecular weight excluding hydrogens is 1060 g/mol. The van der Waals surface area contributed by atoms with Crippen LogP contribution >= 0.6 is 0 Å². The van der Waals surface area contributed by atoms with Crippen LogP contribution in [-0.2, 0) is 33.2 Å². The Balaban J connectivity index is 1.07. The highest BCUT2D eigenvalue weighted by Crippen LogP contribution is 2.45. The molecule has 3 saturated heterocycles. The van der Waals surface area contributed by atoms with Crippen molar-refractivity contribution in [1.29, 1.82) is 0 Å². The number of benzene rings is 2. The molecule has 2 unspecified atom stereocenters. The highest BCUT2D eigenvalue weighted by Gasteiger charge is 2.53. The number of esters is 1. The monoisotopic (exact) mass is 1140 g/mol. The molecule has 1 aliphatic carbocycles. The third-order valence-electron chi connectivity index (χ3n) is 15.8. The van der Waals surface area contributed by atoms with Gasteiger partial charge in [0.2, 0.25) is 0 Å². The van der Waals surface area contributed by atoms with Gasteiger partial charge in [0.05, 0.1) is 73.4 Å². The summed E-state index contributed by atoms with van der Waals surface area (Å²) in [6.07, 6.45) is 3.80. The predicted molar refractivity (Wildman–Crippen MR) is 301 cm³/mol. The van der Waals surface area contributed by atoms with Crippen LogP contribution in [0.25, 0.3) is 11.1 Å². The lowest BCUT2D eigenvalue weighted by Gasteiger charge is -2.45. The van der Waals surface area contributed by atoms with Crippen LogP contribution in [0.4, 0.5) is 9.59 Å². The summed E-state index contributed by atoms with van der Waals surface area (Å²) < 4.78 is 35.6. The van der Waals surface area contributed by atoms with E-state index in [0.29, 0.717) is 0 Å². The highest BCUT2D eigenvalue weighted by molar-refractivity contribution is 5.79. The SMILES string of the molecule is C[C@@H]1[C@H](O)[C@@H](C)/C=C/C=C/C=C/C=C/C=C/C=C/C=C/[C@H](O[C@@H]2O[C@H](C)[C@@H](O)[C@H](NC(=O)OCC3c4ccccc4-c4ccccc43)[C@@H]2O)CC2O[C@@](O)(CC3OC(=O)N[C@H]32)C[C@@H](O)C[C@@H](O)[C@H](O)CC[C@@H](O)C[C@@H](O)CC(=O)O[C@H]1C. The number of carbonyl (C=O) groups excluding carboxylic acids is 3. The number of nitrogens with one attached hydrogen (secondary N) is 2. The van der Waals surface area contributed by atoms with Crippen molar-refractivity contribution in [3.63, 3.8) is 0 Å². The number of cyclic esters (lactones) is 1. The van der Waals surface area contributed by atoms with E-state index in [0.717, 1.165) is 22.3 Å². The first-order valence-corrected chi connectivity index (χ1v) is 28.3. The maximum absolute atomic E-state index is 13.5. The molecule has 19 atom stereocenters. The Morgan fingerprint density at radius 3 is 1.88 bits per heavy atom. The molecule has 20 heteroatoms. The molecule has 4 heterocycles. The van der Waals surface area contributed by atoms with E-state index in [1.807, 2.05) is 98.0 Å². The first-order chi connectivity index (χ1) is 39.2. The van der Waals surface area contributed by atoms with Gasteiger partial charge in [0, 0.05) is 43.4 Å². The second kappa shape index (κ2) is 30.1. The van der Waals surface area contributed by atoms with Crippen LogP contribution in [0.3, 0.4) is 0 Å². The number of aliphatic hydroxyl groups is 9. The number of alkyl carbamates (subject to hydrolysis) is 2. The second-order valence-electron chi connectivity index (χ2n) is 22.2. The average molecular weight is 1140 g/mol. The van der Waals surface area contributed by atoms with E-state index in [1.54, 1.807) is 63.3 Å². The number of hydrogen-bond donors (Lipinski definition) is 11. The van der Waals surface area contributed by atoms with Crippen molar-refractivity contribution in [1.82, 2.24) is 10.6 Å². The molecule has 0 spiro atoms. The van der Waals surface area contributed by atoms with Gasteiger partial charge in [-0.2, -0.15) is 0 Å². The van der Waals surface area contributed by atoms with Crippen LogP contribution in [0.5, 0.6) is 0 Å². The van der Waals surface area contributed by atoms with E-state index in [1.165, 1.54) is 0 Å². The zero-order chi connectivity index (χ0) is 59.1. The summed E-state index contributed by atoms with van der Waals surface area (Å²) in [7, 11) is 0. The van der Waals surface area contributed by atoms with Gasteiger partial charge in [0.15, 0.2) is 12.1 Å². The lowest BCUT2D eigenvalue weighted by atomic mass is 9.87. The molecule has 448 valence electrons. The quantitative estimate of drug-likeness (QED) is 0.143. The molecule has 7 rings (SSSR count). The number of ether oxygens (including phenoxy) is 6. The van der Waals surface area contributed by atoms with E-state index in [2.05, 4.69) is 10.6 Å². The lowest BCUT2D eigenvalue weighted by molar-refractivity contribution is -0.299. The molecule has 0 aromatic heterocycles. The minimum Gasteiger partial charge on any atom is -0.462 e. The number of allylic oxidation sites excluding steroid dienone is 12. The molecule has 4 aliphatic heterocycles. The minimum absolute atomic E-state index is 0.0227. The second-order valence-corrected chi connectivity index (χ2v) is 22.2. The zero-order valence-corrected chi connectivity index (χ0v) is 46.7. The molecule has 20 nitrogen and oxygen atoms in total. The van der Waals surface area contributed by atoms with Gasteiger partial charge >= 0.3 is 18.2 Å². The summed E-state index contributed by atoms with van der Waals surface area (Å²) in [6.45, 7) is 6.77. The van der Waals surface area contributed by atoms with E-state index in [-0.39, 0.29) is 50.5 Å². The molecule has 3 fully saturated rings. The largest absolute Gasteiger partial charge is 0.462 e. The van der Waals surface area contributed by atoms with Gasteiger partial charge in [-0.3, -0.25) is 4.79 Å². The van der Waals surface area contributed by atoms with Crippen molar-refractivity contribution in [3.05, 3.63) is 145 Å². The number of hydrogen-bond acceptors (Lipinski definition) is 18. The van der Waals surface area contributed by atoms with Crippen molar-refractivity contribution < 1.29 is 88.8 Å². The van der Waals surface area contributed by atoms with Crippen molar-refractivity contribution in [2.24, 2.45) is 11.8 Å². The topological polar surface area (TPSA) is 313 Å². The summed E-state index contributed by atoms with van der Waals surface area (Å²) in [5.41, 5.74) is 4.08. The molecule has 2 aromatic rings. The van der Waals surface area contributed by atoms with E-state index in [4.69, 9.17) is 28.4 Å². The van der Waals surface area contributed by atoms with E-state index in [9.17, 15) is 60.3 Å². The van der Waals surface area contributed by atoms with Gasteiger partial charge in [-0.1, -0.05) is 147 Å². The summed E-state index contributed by atoms with van der Waals surface area (Å²) in [5, 5.41) is 106. The lowest BCUT2D eigenvalue weighted by Crippen LogP contribution is -2.64. The fourth-order valence-corrected chi connectivity index (χ4v) is 11.1. The fourth-order valence-electron chi connectivity index (χ4n) is 11.1. The van der Waals surface area contributed by atoms with Crippen LogP contribution < -0.4 is 10.6 Å². The zero-order valence-electron chi connectivity index (χ0n) is 46.7. The molecule has 2 aromatic carbocycles. The van der Waals surface area contributed by atoms with Crippen LogP contribution in [0.15, 0.2) is 134 Å². The Kier molecular flexibility index (Phi) is 23.4. The number of amides is 2. The van der Waals surface area contributed by atoms with Gasteiger partial charge in [-0.15, -0.1) is 0 Å². The third kappa shape index (κ3) is 17.6. The van der Waals surface area contributed by atoms with Crippen molar-refractivity contribution >= 4 is 18.2 Å². The van der Waals surface area contributed by atoms with Crippen LogP contribution in [0, 0.1) is 11.8 Å². The van der Waals surface area contributed by atoms with E-state index >= 15 is 0 Å². The Labute approximate surface area is 478 Å². The molecule has 0 radical (unpaired) electrons. The van der Waals surface area contributed by atoms with Crippen LogP contribution in [-0.4, -0.2) is 174 Å². The first kappa shape index (κ1) is 63.7. The standard InChI is InChI=1S/C62H82N2O18/c1-36-21-15-13-11-9-7-5-6-8-10-12-14-16-22-43(80-59-58(73)55(57(72)39(4)79-59)64-60(74)77-35-48-46-25-19-17-23-44(46)45-24-18-20-26-47(45)48)32-51-54-52(81-61(75)63-54)34-62(76,82-51)33-42(67)30-50(69)49(68)28-27-40(65)29-41(66)31-53(70)78-38(3)37(2)56(36)71/h5-26,36-43,48-52,54-59,65-69,71-73,76H,27-35H2,1-4H3,(H,63,75)(H,64,74)/b6-5+,9-7+,10-8+,13-11+,14-12+,21-15+,22-16+/t36-,37-,38-,39+,40+,41+,42-,43-,49+,50+,51?,52?,54-,55-,56+,57+,58-,59-,62+/m0/s1. The van der Waals surface area contributed by atoms with Crippen molar-refractivity contribution in [2.45, 2.75) is 188 Å². The summed E-state index contributed by atoms with van der Waals surface area (Å²) >= 11 is 0. The van der Waals surface area contributed by atoms with Gasteiger partial charge in [0.1, 0.15) is 31.0 Å². The smallest absolute Gasteiger partial charge is 0.407 e. The van der Waals surface area contributed by atoms with Crippen LogP contribution in [0.2, 0.25) is 0 Å². The molecule has 5 aliphatic rings.